The van der Waals surface area contributed by atoms with Gasteiger partial charge in [0.05, 0.1) is 0 Å². The van der Waals surface area contributed by atoms with Crippen LogP contribution in [0.4, 0.5) is 0 Å². The summed E-state index contributed by atoms with van der Waals surface area (Å²) in [7, 11) is 1.74. The second-order valence-corrected chi connectivity index (χ2v) is 4.22. The molecule has 0 unspecified atom stereocenters. The van der Waals surface area contributed by atoms with Crippen LogP contribution in [0.3, 0.4) is 0 Å². The van der Waals surface area contributed by atoms with Crippen molar-refractivity contribution in [3.05, 3.63) is 34.3 Å². The Kier molecular flexibility index (Phi) is 4.42. The minimum atomic E-state index is -0.00745. The zero-order valence-corrected chi connectivity index (χ0v) is 10.2. The predicted molar refractivity (Wildman–Crippen MR) is 61.8 cm³/mol. The average Bonchev–Trinajstić information content (AvgIpc) is 2.17. The van der Waals surface area contributed by atoms with E-state index in [2.05, 4.69) is 15.9 Å². The average molecular weight is 277 g/mol. The van der Waals surface area contributed by atoms with Gasteiger partial charge in [0.1, 0.15) is 0 Å². The monoisotopic (exact) mass is 275 g/mol. The van der Waals surface area contributed by atoms with Crippen LogP contribution in [-0.2, 0) is 0 Å². The number of rotatable bonds is 3. The van der Waals surface area contributed by atoms with Crippen LogP contribution >= 0.6 is 27.5 Å². The topological polar surface area (TPSA) is 20.3 Å². The Bertz CT molecular complexity index is 330. The van der Waals surface area contributed by atoms with Crippen molar-refractivity contribution in [2.45, 2.75) is 0 Å². The van der Waals surface area contributed by atoms with Crippen molar-refractivity contribution in [3.8, 4) is 0 Å². The molecule has 1 aromatic carbocycles. The summed E-state index contributed by atoms with van der Waals surface area (Å²) in [5.41, 5.74) is 0.673. The maximum absolute atomic E-state index is 11.7. The number of halogens is 2. The molecular formula is C10H11BrClNO. The molecule has 0 aliphatic carbocycles. The molecule has 2 nitrogen and oxygen atoms in total. The van der Waals surface area contributed by atoms with Gasteiger partial charge in [0, 0.05) is 29.5 Å². The van der Waals surface area contributed by atoms with E-state index in [1.165, 1.54) is 0 Å². The van der Waals surface area contributed by atoms with Crippen molar-refractivity contribution in [1.29, 1.82) is 0 Å². The van der Waals surface area contributed by atoms with Crippen molar-refractivity contribution in [3.63, 3.8) is 0 Å². The van der Waals surface area contributed by atoms with Crippen LogP contribution in [0.1, 0.15) is 10.4 Å². The molecule has 4 heteroatoms. The fourth-order valence-electron chi connectivity index (χ4n) is 1.07. The van der Waals surface area contributed by atoms with Crippen LogP contribution in [-0.4, -0.2) is 30.3 Å². The van der Waals surface area contributed by atoms with Crippen molar-refractivity contribution >= 4 is 33.4 Å². The maximum Gasteiger partial charge on any atom is 0.253 e. The number of amides is 1. The molecule has 0 saturated carbocycles. The Labute approximate surface area is 97.0 Å². The summed E-state index contributed by atoms with van der Waals surface area (Å²) in [5, 5.41) is 0. The van der Waals surface area contributed by atoms with Gasteiger partial charge in [-0.25, -0.2) is 0 Å². The number of nitrogens with zero attached hydrogens (tertiary/aromatic N) is 1. The molecule has 76 valence electrons. The van der Waals surface area contributed by atoms with Gasteiger partial charge in [0.2, 0.25) is 0 Å². The molecule has 0 aliphatic rings. The standard InChI is InChI=1S/C10H11BrClNO/c1-13(6-5-12)10(14)8-3-2-4-9(11)7-8/h2-4,7H,5-6H2,1H3. The van der Waals surface area contributed by atoms with E-state index in [-0.39, 0.29) is 5.91 Å². The van der Waals surface area contributed by atoms with Crippen molar-refractivity contribution in [2.24, 2.45) is 0 Å². The van der Waals surface area contributed by atoms with Gasteiger partial charge < -0.3 is 4.90 Å². The Balaban J connectivity index is 2.78. The van der Waals surface area contributed by atoms with E-state index in [4.69, 9.17) is 11.6 Å². The Morgan fingerprint density at radius 1 is 1.57 bits per heavy atom. The Morgan fingerprint density at radius 2 is 2.29 bits per heavy atom. The highest BCUT2D eigenvalue weighted by molar-refractivity contribution is 9.10. The van der Waals surface area contributed by atoms with Crippen LogP contribution in [0.2, 0.25) is 0 Å². The summed E-state index contributed by atoms with van der Waals surface area (Å²) in [6, 6.07) is 7.31. The third kappa shape index (κ3) is 3.00. The normalized spacial score (nSPS) is 9.93. The highest BCUT2D eigenvalue weighted by atomic mass is 79.9. The van der Waals surface area contributed by atoms with Gasteiger partial charge in [-0.3, -0.25) is 4.79 Å². The number of hydrogen-bond acceptors (Lipinski definition) is 1. The predicted octanol–water partition coefficient (Wildman–Crippen LogP) is 2.76. The SMILES string of the molecule is CN(CCCl)C(=O)c1cccc(Br)c1. The van der Waals surface area contributed by atoms with Crippen LogP contribution in [0.5, 0.6) is 0 Å². The van der Waals surface area contributed by atoms with Gasteiger partial charge in [-0.2, -0.15) is 0 Å². The molecule has 0 aliphatic heterocycles. The van der Waals surface area contributed by atoms with Crippen molar-refractivity contribution < 1.29 is 4.79 Å². The number of benzene rings is 1. The summed E-state index contributed by atoms with van der Waals surface area (Å²) < 4.78 is 0.905. The fraction of sp³-hybridized carbons (Fsp3) is 0.300. The van der Waals surface area contributed by atoms with Crippen molar-refractivity contribution in [1.82, 2.24) is 4.90 Å². The molecule has 1 amide bonds. The van der Waals surface area contributed by atoms with Gasteiger partial charge in [-0.1, -0.05) is 22.0 Å². The molecule has 0 fully saturated rings. The number of hydrogen-bond donors (Lipinski definition) is 0. The molecule has 0 atom stereocenters. The van der Waals surface area contributed by atoms with E-state index in [1.807, 2.05) is 12.1 Å². The third-order valence-electron chi connectivity index (χ3n) is 1.84. The quantitative estimate of drug-likeness (QED) is 0.778. The van der Waals surface area contributed by atoms with E-state index in [1.54, 1.807) is 24.1 Å². The van der Waals surface area contributed by atoms with E-state index in [0.717, 1.165) is 4.47 Å². The molecule has 0 spiro atoms. The Morgan fingerprint density at radius 3 is 2.86 bits per heavy atom. The zero-order chi connectivity index (χ0) is 10.6. The van der Waals surface area contributed by atoms with Crippen molar-refractivity contribution in [2.75, 3.05) is 19.5 Å². The third-order valence-corrected chi connectivity index (χ3v) is 2.50. The lowest BCUT2D eigenvalue weighted by Crippen LogP contribution is -2.28. The second kappa shape index (κ2) is 5.37. The molecule has 0 N–H and O–H groups in total. The number of carbonyl (C=O) groups is 1. The highest BCUT2D eigenvalue weighted by Gasteiger charge is 2.10. The van der Waals surface area contributed by atoms with Crippen LogP contribution in [0.15, 0.2) is 28.7 Å². The lowest BCUT2D eigenvalue weighted by Gasteiger charge is -2.15. The molecule has 0 aromatic heterocycles. The highest BCUT2D eigenvalue weighted by Crippen LogP contribution is 2.12. The molecule has 1 rings (SSSR count). The van der Waals surface area contributed by atoms with E-state index in [0.29, 0.717) is 18.0 Å². The summed E-state index contributed by atoms with van der Waals surface area (Å²) in [6.07, 6.45) is 0. The minimum absolute atomic E-state index is 0.00745. The van der Waals surface area contributed by atoms with Gasteiger partial charge in [0.15, 0.2) is 0 Å². The first kappa shape index (κ1) is 11.5. The van der Waals surface area contributed by atoms with Gasteiger partial charge in [-0.05, 0) is 18.2 Å². The van der Waals surface area contributed by atoms with Crippen LogP contribution in [0, 0.1) is 0 Å². The van der Waals surface area contributed by atoms with E-state index >= 15 is 0 Å². The number of alkyl halides is 1. The molecule has 0 heterocycles. The Hall–Kier alpha value is -0.540. The summed E-state index contributed by atoms with van der Waals surface area (Å²) in [5.74, 6) is 0.447. The molecule has 14 heavy (non-hydrogen) atoms. The molecular weight excluding hydrogens is 265 g/mol. The maximum atomic E-state index is 11.7. The molecule has 0 radical (unpaired) electrons. The lowest BCUT2D eigenvalue weighted by atomic mass is 10.2. The molecule has 1 aromatic rings. The van der Waals surface area contributed by atoms with Gasteiger partial charge >= 0.3 is 0 Å². The summed E-state index contributed by atoms with van der Waals surface area (Å²) in [6.45, 7) is 0.562. The zero-order valence-electron chi connectivity index (χ0n) is 7.84. The lowest BCUT2D eigenvalue weighted by molar-refractivity contribution is 0.0803. The first-order valence-corrected chi connectivity index (χ1v) is 5.55. The second-order valence-electron chi connectivity index (χ2n) is 2.93. The molecule has 0 bridgehead atoms. The minimum Gasteiger partial charge on any atom is -0.341 e. The van der Waals surface area contributed by atoms with Gasteiger partial charge in [-0.15, -0.1) is 11.6 Å². The van der Waals surface area contributed by atoms with E-state index in [9.17, 15) is 4.79 Å². The van der Waals surface area contributed by atoms with Crippen LogP contribution < -0.4 is 0 Å². The first-order valence-electron chi connectivity index (χ1n) is 4.22. The van der Waals surface area contributed by atoms with Crippen LogP contribution in [0.25, 0.3) is 0 Å². The van der Waals surface area contributed by atoms with E-state index < -0.39 is 0 Å². The summed E-state index contributed by atoms with van der Waals surface area (Å²) >= 11 is 8.88. The largest absolute Gasteiger partial charge is 0.341 e. The molecule has 0 saturated heterocycles. The summed E-state index contributed by atoms with van der Waals surface area (Å²) in [4.78, 5) is 13.3. The smallest absolute Gasteiger partial charge is 0.253 e. The van der Waals surface area contributed by atoms with Gasteiger partial charge in [0.25, 0.3) is 5.91 Å². The fourth-order valence-corrected chi connectivity index (χ4v) is 1.72. The first-order chi connectivity index (χ1) is 6.65. The number of carbonyl (C=O) groups excluding carboxylic acids is 1.